The van der Waals surface area contributed by atoms with E-state index in [1.807, 2.05) is 85.8 Å². The summed E-state index contributed by atoms with van der Waals surface area (Å²) < 4.78 is 33.0. The molecule has 0 aliphatic heterocycles. The first-order valence-corrected chi connectivity index (χ1v) is 28.2. The second-order valence-electron chi connectivity index (χ2n) is 19.9. The molecule has 0 saturated heterocycles. The quantitative estimate of drug-likeness (QED) is 0.0332. The molecular weight excluding hydrogens is 1100 g/mol. The van der Waals surface area contributed by atoms with E-state index in [0.29, 0.717) is 56.4 Å². The molecule has 3 aromatic heterocycles. The Balaban J connectivity index is 0.674. The zero-order valence-corrected chi connectivity index (χ0v) is 47.8. The van der Waals surface area contributed by atoms with Crippen molar-refractivity contribution in [3.8, 4) is 28.7 Å². The van der Waals surface area contributed by atoms with E-state index in [1.54, 1.807) is 56.1 Å². The molecule has 2 atom stereocenters. The number of aromatic nitrogens is 4. The fraction of sp³-hybridized carbons (Fsp3) is 0.262. The molecule has 22 heteroatoms. The summed E-state index contributed by atoms with van der Waals surface area (Å²) >= 11 is 2.72. The summed E-state index contributed by atoms with van der Waals surface area (Å²) in [4.78, 5) is 77.0. The number of aryl methyl sites for hydroxylation is 2. The number of carbonyl (C=O) groups excluding carboxylic acids is 4. The van der Waals surface area contributed by atoms with Crippen LogP contribution in [0.4, 0.5) is 41.6 Å². The number of fused-ring (bicyclic) bond motifs is 4. The van der Waals surface area contributed by atoms with E-state index in [2.05, 4.69) is 53.3 Å². The normalized spacial score (nSPS) is 12.2. The Hall–Kier alpha value is -9.46. The van der Waals surface area contributed by atoms with Gasteiger partial charge in [-0.1, -0.05) is 110 Å². The van der Waals surface area contributed by atoms with Crippen LogP contribution in [0.5, 0.6) is 5.75 Å². The summed E-state index contributed by atoms with van der Waals surface area (Å²) in [5.41, 5.74) is 7.36. The first-order chi connectivity index (χ1) is 40.0. The highest BCUT2D eigenvalue weighted by atomic mass is 32.1. The fourth-order valence-corrected chi connectivity index (χ4v) is 10.9. The topological polar surface area (TPSA) is 239 Å². The molecule has 9 rings (SSSR count). The summed E-state index contributed by atoms with van der Waals surface area (Å²) in [5, 5.41) is 31.1. The minimum atomic E-state index is -1.17. The van der Waals surface area contributed by atoms with Crippen LogP contribution in [0.1, 0.15) is 76.3 Å². The van der Waals surface area contributed by atoms with Gasteiger partial charge < -0.3 is 50.4 Å². The summed E-state index contributed by atoms with van der Waals surface area (Å²) in [6.45, 7) is 7.08. The van der Waals surface area contributed by atoms with Gasteiger partial charge >= 0.3 is 18.2 Å². The molecule has 0 spiro atoms. The van der Waals surface area contributed by atoms with Crippen LogP contribution in [0.15, 0.2) is 121 Å². The summed E-state index contributed by atoms with van der Waals surface area (Å²) in [5.74, 6) is 3.39. The van der Waals surface area contributed by atoms with E-state index in [-0.39, 0.29) is 49.6 Å². The number of alkyl carbamates (subject to hydrolysis) is 1. The molecule has 1 aliphatic carbocycles. The Kier molecular flexibility index (Phi) is 18.5. The number of aromatic carboxylic acids is 1. The second-order valence-corrected chi connectivity index (χ2v) is 22.0. The van der Waals surface area contributed by atoms with Crippen LogP contribution < -0.4 is 30.9 Å². The van der Waals surface area contributed by atoms with E-state index >= 15 is 4.39 Å². The van der Waals surface area contributed by atoms with Crippen molar-refractivity contribution in [2.45, 2.75) is 65.1 Å². The third kappa shape index (κ3) is 14.4. The molecule has 1 aliphatic rings. The molecule has 0 bridgehead atoms. The molecule has 0 unspecified atom stereocenters. The highest BCUT2D eigenvalue weighted by Gasteiger charge is 2.32. The second kappa shape index (κ2) is 26.4. The number of amides is 4. The summed E-state index contributed by atoms with van der Waals surface area (Å²) in [6, 6.07) is 34.6. The van der Waals surface area contributed by atoms with Crippen LogP contribution in [0, 0.1) is 30.5 Å². The highest BCUT2D eigenvalue weighted by Crippen LogP contribution is 2.44. The summed E-state index contributed by atoms with van der Waals surface area (Å²) in [6.07, 6.45) is -0.698. The average Bonchev–Trinajstić information content (AvgIpc) is 4.25. The zero-order chi connectivity index (χ0) is 58.7. The van der Waals surface area contributed by atoms with Crippen LogP contribution in [-0.2, 0) is 32.1 Å². The Morgan fingerprint density at radius 3 is 2.20 bits per heavy atom. The van der Waals surface area contributed by atoms with Crippen molar-refractivity contribution in [3.63, 3.8) is 0 Å². The minimum absolute atomic E-state index is 0.00233. The number of carboxylic acids is 1. The number of nitrogens with zero attached hydrogens (tertiary/aromatic N) is 6. The first-order valence-electron chi connectivity index (χ1n) is 26.5. The van der Waals surface area contributed by atoms with E-state index in [4.69, 9.17) is 14.2 Å². The van der Waals surface area contributed by atoms with Gasteiger partial charge in [-0.2, -0.15) is 0 Å². The number of para-hydroxylation sites is 1. The van der Waals surface area contributed by atoms with Crippen molar-refractivity contribution < 1.29 is 47.7 Å². The lowest BCUT2D eigenvalue weighted by Crippen LogP contribution is -2.53. The zero-order valence-electron chi connectivity index (χ0n) is 46.2. The lowest BCUT2D eigenvalue weighted by Gasteiger charge is -2.24. The van der Waals surface area contributed by atoms with Gasteiger partial charge in [0.1, 0.15) is 25.3 Å². The van der Waals surface area contributed by atoms with Crippen molar-refractivity contribution >= 4 is 90.4 Å². The van der Waals surface area contributed by atoms with Crippen LogP contribution in [-0.4, -0.2) is 106 Å². The Morgan fingerprint density at radius 1 is 0.807 bits per heavy atom. The van der Waals surface area contributed by atoms with E-state index < -0.39 is 47.9 Å². The molecule has 8 aromatic rings. The number of thiazole rings is 2. The maximum atomic E-state index is 15.1. The van der Waals surface area contributed by atoms with Crippen molar-refractivity contribution in [1.29, 1.82) is 0 Å². The molecule has 0 saturated carbocycles. The number of rotatable bonds is 21. The van der Waals surface area contributed by atoms with Crippen molar-refractivity contribution in [3.05, 3.63) is 166 Å². The van der Waals surface area contributed by atoms with Crippen LogP contribution in [0.25, 0.3) is 21.3 Å². The molecule has 0 radical (unpaired) electrons. The van der Waals surface area contributed by atoms with Gasteiger partial charge in [-0.05, 0) is 115 Å². The van der Waals surface area contributed by atoms with Gasteiger partial charge in [-0.25, -0.2) is 28.7 Å². The third-order valence-electron chi connectivity index (χ3n) is 13.5. The standard InChI is InChI=1S/C61H59FN10O9S2/c1-35(2)52(67-60(77)80-34-45-43-18-9-7-16-41(43)42-17-8-10-19-44(42)45)56(74)63-37(4)55(73)64-40-26-23-39(24-27-40)33-81-61(78)71(5)29-13-15-38-25-28-48(46(62)32-38)79-30-14-22-50-53(57(75)76)66-59(83-50)72(6)51-31-36(3)54(70-69-51)68-58-65-47-20-11-12-21-49(47)82-58/h7-12,16-21,23-28,31-32,35,37,45,52H,14,22,29-30,33-34H2,1-6H3,(H,63,74)(H,64,73)(H,67,77)(H,75,76)(H,65,68,70)/t37-,52-/m0/s1. The molecule has 5 aromatic carbocycles. The van der Waals surface area contributed by atoms with Gasteiger partial charge in [-0.3, -0.25) is 9.59 Å². The molecular formula is C61H59FN10O9S2. The number of hydrogen-bond donors (Lipinski definition) is 5. The molecule has 5 N–H and O–H groups in total. The maximum absolute atomic E-state index is 15.1. The van der Waals surface area contributed by atoms with Gasteiger partial charge in [0.25, 0.3) is 0 Å². The Labute approximate surface area is 486 Å². The molecule has 19 nitrogen and oxygen atoms in total. The number of carbonyl (C=O) groups is 5. The van der Waals surface area contributed by atoms with Crippen LogP contribution >= 0.6 is 22.7 Å². The molecule has 426 valence electrons. The minimum Gasteiger partial charge on any atom is -0.491 e. The number of nitrogens with one attached hydrogen (secondary N) is 4. The predicted molar refractivity (Wildman–Crippen MR) is 316 cm³/mol. The Bertz CT molecular complexity index is 3690. The van der Waals surface area contributed by atoms with Gasteiger partial charge in [0.05, 0.1) is 23.4 Å². The van der Waals surface area contributed by atoms with E-state index in [0.717, 1.165) is 38.0 Å². The highest BCUT2D eigenvalue weighted by molar-refractivity contribution is 7.22. The van der Waals surface area contributed by atoms with Gasteiger partial charge in [0.2, 0.25) is 11.8 Å². The maximum Gasteiger partial charge on any atom is 0.410 e. The molecule has 4 amide bonds. The van der Waals surface area contributed by atoms with Crippen molar-refractivity contribution in [1.82, 2.24) is 35.7 Å². The third-order valence-corrected chi connectivity index (χ3v) is 15.7. The number of anilines is 5. The molecule has 83 heavy (non-hydrogen) atoms. The van der Waals surface area contributed by atoms with Gasteiger partial charge in [-0.15, -0.1) is 21.5 Å². The summed E-state index contributed by atoms with van der Waals surface area (Å²) in [7, 11) is 3.24. The largest absolute Gasteiger partial charge is 0.491 e. The monoisotopic (exact) mass is 1160 g/mol. The number of halogens is 1. The van der Waals surface area contributed by atoms with Crippen LogP contribution in [0.3, 0.4) is 0 Å². The number of benzene rings is 5. The fourth-order valence-electron chi connectivity index (χ4n) is 9.00. The SMILES string of the molecule is Cc1cc(N(C)c2nc(C(=O)O)c(CCCOc3ccc(C#CCN(C)C(=O)OCc4ccc(NC(=O)[C@H](C)NC(=O)[C@@H](NC(=O)OCC5c6ccccc6-c6ccccc65)C(C)C)cc4)cc3F)s2)nnc1Nc1nc2ccccc2s1. The average molecular weight is 1160 g/mol. The van der Waals surface area contributed by atoms with Gasteiger partial charge in [0, 0.05) is 36.1 Å². The van der Waals surface area contributed by atoms with Crippen molar-refractivity contribution in [2.75, 3.05) is 49.4 Å². The number of hydrogen-bond acceptors (Lipinski definition) is 16. The lowest BCUT2D eigenvalue weighted by molar-refractivity contribution is -0.128. The lowest BCUT2D eigenvalue weighted by atomic mass is 9.98. The number of carboxylic acid groups (broad SMARTS) is 1. The molecule has 0 fully saturated rings. The first kappa shape index (κ1) is 58.2. The molecule has 3 heterocycles. The predicted octanol–water partition coefficient (Wildman–Crippen LogP) is 10.8. The van der Waals surface area contributed by atoms with Crippen LogP contribution in [0.2, 0.25) is 0 Å². The van der Waals surface area contributed by atoms with E-state index in [9.17, 15) is 29.1 Å². The smallest absolute Gasteiger partial charge is 0.410 e. The van der Waals surface area contributed by atoms with Gasteiger partial charge in [0.15, 0.2) is 39.2 Å². The van der Waals surface area contributed by atoms with Crippen molar-refractivity contribution in [2.24, 2.45) is 5.92 Å². The number of ether oxygens (including phenoxy) is 3. The Morgan fingerprint density at radius 2 is 1.52 bits per heavy atom. The van der Waals surface area contributed by atoms with E-state index in [1.165, 1.54) is 53.7 Å².